The SMILES string of the molecule is CCCOc1ccc(N(C)c2ncc(C(F)(F)F)c(N(C)c3ccc(C#N)cc3)n2)cc1. The van der Waals surface area contributed by atoms with Gasteiger partial charge in [0.2, 0.25) is 5.95 Å². The summed E-state index contributed by atoms with van der Waals surface area (Å²) in [5.41, 5.74) is 0.609. The van der Waals surface area contributed by atoms with E-state index in [1.165, 1.54) is 24.1 Å². The third-order valence-corrected chi connectivity index (χ3v) is 4.76. The van der Waals surface area contributed by atoms with Gasteiger partial charge in [0.1, 0.15) is 11.3 Å². The molecule has 0 atom stereocenters. The molecule has 0 unspecified atom stereocenters. The molecule has 6 nitrogen and oxygen atoms in total. The molecule has 0 aliphatic carbocycles. The van der Waals surface area contributed by atoms with Crippen LogP contribution >= 0.6 is 0 Å². The Morgan fingerprint density at radius 1 is 0.969 bits per heavy atom. The minimum Gasteiger partial charge on any atom is -0.494 e. The van der Waals surface area contributed by atoms with Gasteiger partial charge >= 0.3 is 6.18 Å². The summed E-state index contributed by atoms with van der Waals surface area (Å²) < 4.78 is 46.6. The Labute approximate surface area is 184 Å². The van der Waals surface area contributed by atoms with E-state index in [1.807, 2.05) is 13.0 Å². The average molecular weight is 441 g/mol. The fourth-order valence-electron chi connectivity index (χ4n) is 2.96. The Balaban J connectivity index is 1.96. The molecule has 3 aromatic rings. The van der Waals surface area contributed by atoms with Crippen LogP contribution < -0.4 is 14.5 Å². The normalized spacial score (nSPS) is 11.0. The molecule has 1 aromatic heterocycles. The van der Waals surface area contributed by atoms with Crippen LogP contribution in [0.4, 0.5) is 36.3 Å². The molecule has 1 heterocycles. The summed E-state index contributed by atoms with van der Waals surface area (Å²) >= 11 is 0. The van der Waals surface area contributed by atoms with Crippen molar-refractivity contribution in [1.29, 1.82) is 5.26 Å². The number of nitrogens with zero attached hydrogens (tertiary/aromatic N) is 5. The van der Waals surface area contributed by atoms with Crippen LogP contribution in [-0.2, 0) is 6.18 Å². The molecule has 166 valence electrons. The smallest absolute Gasteiger partial charge is 0.421 e. The van der Waals surface area contributed by atoms with Gasteiger partial charge in [0.05, 0.1) is 18.2 Å². The number of alkyl halides is 3. The molecular formula is C23H22F3N5O. The summed E-state index contributed by atoms with van der Waals surface area (Å²) in [6.07, 6.45) is -2.96. The highest BCUT2D eigenvalue weighted by molar-refractivity contribution is 5.66. The molecule has 0 N–H and O–H groups in total. The molecule has 32 heavy (non-hydrogen) atoms. The Morgan fingerprint density at radius 2 is 1.56 bits per heavy atom. The van der Waals surface area contributed by atoms with Crippen molar-refractivity contribution in [2.45, 2.75) is 19.5 Å². The molecule has 0 saturated carbocycles. The number of hydrogen-bond acceptors (Lipinski definition) is 6. The highest BCUT2D eigenvalue weighted by atomic mass is 19.4. The van der Waals surface area contributed by atoms with E-state index in [-0.39, 0.29) is 11.8 Å². The number of anilines is 4. The molecule has 0 fully saturated rings. The first-order valence-corrected chi connectivity index (χ1v) is 9.89. The lowest BCUT2D eigenvalue weighted by Crippen LogP contribution is -2.21. The van der Waals surface area contributed by atoms with Crippen molar-refractivity contribution < 1.29 is 17.9 Å². The van der Waals surface area contributed by atoms with Crippen molar-refractivity contribution >= 4 is 23.1 Å². The Bertz CT molecular complexity index is 1090. The quantitative estimate of drug-likeness (QED) is 0.469. The van der Waals surface area contributed by atoms with Gasteiger partial charge in [0, 0.05) is 31.7 Å². The molecule has 9 heteroatoms. The third kappa shape index (κ3) is 5.09. The van der Waals surface area contributed by atoms with Crippen LogP contribution in [0, 0.1) is 11.3 Å². The molecule has 0 aliphatic rings. The van der Waals surface area contributed by atoms with Gasteiger partial charge in [-0.05, 0) is 55.0 Å². The maximum atomic E-state index is 13.7. The summed E-state index contributed by atoms with van der Waals surface area (Å²) in [7, 11) is 3.17. The largest absolute Gasteiger partial charge is 0.494 e. The highest BCUT2D eigenvalue weighted by Gasteiger charge is 2.37. The second-order valence-electron chi connectivity index (χ2n) is 7.02. The van der Waals surface area contributed by atoms with Crippen molar-refractivity contribution in [3.05, 3.63) is 65.9 Å². The number of ether oxygens (including phenoxy) is 1. The summed E-state index contributed by atoms with van der Waals surface area (Å²) in [5.74, 6) is 0.524. The Hall–Kier alpha value is -3.80. The van der Waals surface area contributed by atoms with Crippen LogP contribution in [0.15, 0.2) is 54.7 Å². The molecular weight excluding hydrogens is 419 g/mol. The standard InChI is InChI=1S/C23H22F3N5O/c1-4-13-32-19-11-9-18(10-12-19)31(3)22-28-15-20(23(24,25)26)21(29-22)30(2)17-7-5-16(14-27)6-8-17/h5-12,15H,4,13H2,1-3H3. The molecule has 0 saturated heterocycles. The van der Waals surface area contributed by atoms with E-state index in [1.54, 1.807) is 48.3 Å². The van der Waals surface area contributed by atoms with Gasteiger partial charge < -0.3 is 14.5 Å². The molecule has 0 amide bonds. The summed E-state index contributed by atoms with van der Waals surface area (Å²) in [4.78, 5) is 11.1. The van der Waals surface area contributed by atoms with E-state index in [0.29, 0.717) is 29.3 Å². The fourth-order valence-corrected chi connectivity index (χ4v) is 2.96. The van der Waals surface area contributed by atoms with Gasteiger partial charge in [0.25, 0.3) is 0 Å². The maximum Gasteiger partial charge on any atom is 0.421 e. The molecule has 0 radical (unpaired) electrons. The van der Waals surface area contributed by atoms with Crippen molar-refractivity contribution in [2.24, 2.45) is 0 Å². The van der Waals surface area contributed by atoms with E-state index < -0.39 is 11.7 Å². The van der Waals surface area contributed by atoms with Crippen LogP contribution in [0.2, 0.25) is 0 Å². The van der Waals surface area contributed by atoms with E-state index in [9.17, 15) is 13.2 Å². The van der Waals surface area contributed by atoms with Crippen molar-refractivity contribution in [3.63, 3.8) is 0 Å². The minimum atomic E-state index is -4.63. The van der Waals surface area contributed by atoms with E-state index in [0.717, 1.165) is 12.6 Å². The summed E-state index contributed by atoms with van der Waals surface area (Å²) in [6, 6.07) is 15.3. The summed E-state index contributed by atoms with van der Waals surface area (Å²) in [6.45, 7) is 2.61. The number of benzene rings is 2. The zero-order valence-corrected chi connectivity index (χ0v) is 17.9. The first-order chi connectivity index (χ1) is 15.2. The zero-order chi connectivity index (χ0) is 23.3. The first kappa shape index (κ1) is 22.9. The van der Waals surface area contributed by atoms with Crippen molar-refractivity contribution in [2.75, 3.05) is 30.5 Å². The van der Waals surface area contributed by atoms with Crippen molar-refractivity contribution in [3.8, 4) is 11.8 Å². The highest BCUT2D eigenvalue weighted by Crippen LogP contribution is 2.38. The van der Waals surface area contributed by atoms with E-state index in [4.69, 9.17) is 10.00 Å². The molecule has 0 aliphatic heterocycles. The van der Waals surface area contributed by atoms with Crippen molar-refractivity contribution in [1.82, 2.24) is 9.97 Å². The first-order valence-electron chi connectivity index (χ1n) is 9.89. The monoisotopic (exact) mass is 441 g/mol. The predicted octanol–water partition coefficient (Wildman–Crippen LogP) is 5.69. The van der Waals surface area contributed by atoms with Gasteiger partial charge in [-0.2, -0.15) is 23.4 Å². The number of aromatic nitrogens is 2. The predicted molar refractivity (Wildman–Crippen MR) is 117 cm³/mol. The lowest BCUT2D eigenvalue weighted by atomic mass is 10.2. The number of hydrogen-bond donors (Lipinski definition) is 0. The molecule has 0 bridgehead atoms. The van der Waals surface area contributed by atoms with Gasteiger partial charge in [-0.15, -0.1) is 0 Å². The van der Waals surface area contributed by atoms with Crippen LogP contribution in [0.1, 0.15) is 24.5 Å². The van der Waals surface area contributed by atoms with Gasteiger partial charge in [-0.1, -0.05) is 6.92 Å². The number of rotatable bonds is 7. The van der Waals surface area contributed by atoms with Crippen LogP contribution in [0.25, 0.3) is 0 Å². The third-order valence-electron chi connectivity index (χ3n) is 4.76. The lowest BCUT2D eigenvalue weighted by Gasteiger charge is -2.25. The number of halogens is 3. The fraction of sp³-hybridized carbons (Fsp3) is 0.261. The Morgan fingerprint density at radius 3 is 2.12 bits per heavy atom. The van der Waals surface area contributed by atoms with Gasteiger partial charge in [-0.3, -0.25) is 0 Å². The summed E-state index contributed by atoms with van der Waals surface area (Å²) in [5, 5.41) is 8.95. The average Bonchev–Trinajstić information content (AvgIpc) is 2.81. The topological polar surface area (TPSA) is 65.3 Å². The van der Waals surface area contributed by atoms with Crippen LogP contribution in [0.5, 0.6) is 5.75 Å². The van der Waals surface area contributed by atoms with Gasteiger partial charge in [0.15, 0.2) is 5.82 Å². The van der Waals surface area contributed by atoms with Crippen LogP contribution in [0.3, 0.4) is 0 Å². The minimum absolute atomic E-state index is 0.107. The lowest BCUT2D eigenvalue weighted by molar-refractivity contribution is -0.137. The van der Waals surface area contributed by atoms with Gasteiger partial charge in [-0.25, -0.2) is 4.98 Å². The maximum absolute atomic E-state index is 13.7. The molecule has 2 aromatic carbocycles. The molecule has 3 rings (SSSR count). The van der Waals surface area contributed by atoms with Crippen LogP contribution in [-0.4, -0.2) is 30.7 Å². The van der Waals surface area contributed by atoms with E-state index >= 15 is 0 Å². The second-order valence-corrected chi connectivity index (χ2v) is 7.02. The van der Waals surface area contributed by atoms with E-state index in [2.05, 4.69) is 9.97 Å². The molecule has 0 spiro atoms. The number of nitriles is 1. The zero-order valence-electron chi connectivity index (χ0n) is 17.9. The Kier molecular flexibility index (Phi) is 6.83. The second kappa shape index (κ2) is 9.56.